The van der Waals surface area contributed by atoms with Crippen LogP contribution in [0.1, 0.15) is 12.8 Å². The first-order chi connectivity index (χ1) is 9.40. The third-order valence-corrected chi connectivity index (χ3v) is 4.72. The maximum Gasteiger partial charge on any atom is 0.240 e. The molecular formula is C12H15F3N2O2S. The van der Waals surface area contributed by atoms with Gasteiger partial charge in [0.2, 0.25) is 10.0 Å². The van der Waals surface area contributed by atoms with Crippen LogP contribution in [0.5, 0.6) is 0 Å². The van der Waals surface area contributed by atoms with Crippen LogP contribution in [0.15, 0.2) is 17.0 Å². The Kier molecular flexibility index (Phi) is 4.66. The summed E-state index contributed by atoms with van der Waals surface area (Å²) >= 11 is 0. The van der Waals surface area contributed by atoms with E-state index in [4.69, 9.17) is 0 Å². The topological polar surface area (TPSA) is 58.2 Å². The molecule has 0 spiro atoms. The smallest absolute Gasteiger partial charge is 0.240 e. The van der Waals surface area contributed by atoms with Crippen LogP contribution in [0, 0.1) is 23.4 Å². The molecule has 2 N–H and O–H groups in total. The highest BCUT2D eigenvalue weighted by atomic mass is 32.2. The minimum atomic E-state index is -4.03. The molecule has 1 aromatic carbocycles. The van der Waals surface area contributed by atoms with Crippen molar-refractivity contribution < 1.29 is 21.6 Å². The molecule has 1 fully saturated rings. The van der Waals surface area contributed by atoms with Gasteiger partial charge < -0.3 is 5.32 Å². The summed E-state index contributed by atoms with van der Waals surface area (Å²) in [5.74, 6) is -4.34. The second kappa shape index (κ2) is 6.11. The van der Waals surface area contributed by atoms with E-state index in [1.165, 1.54) is 0 Å². The van der Waals surface area contributed by atoms with E-state index in [1.54, 1.807) is 0 Å². The van der Waals surface area contributed by atoms with Crippen LogP contribution >= 0.6 is 0 Å². The summed E-state index contributed by atoms with van der Waals surface area (Å²) in [6, 6.07) is 0.940. The summed E-state index contributed by atoms with van der Waals surface area (Å²) in [5.41, 5.74) is 0. The van der Waals surface area contributed by atoms with Crippen molar-refractivity contribution in [3.63, 3.8) is 0 Å². The van der Waals surface area contributed by atoms with Gasteiger partial charge in [0, 0.05) is 6.54 Å². The Labute approximate surface area is 115 Å². The molecule has 1 saturated heterocycles. The molecule has 0 amide bonds. The van der Waals surface area contributed by atoms with Gasteiger partial charge in [-0.15, -0.1) is 0 Å². The molecule has 1 heterocycles. The van der Waals surface area contributed by atoms with E-state index in [9.17, 15) is 21.6 Å². The number of sulfonamides is 1. The monoisotopic (exact) mass is 308 g/mol. The fraction of sp³-hybridized carbons (Fsp3) is 0.500. The Hall–Kier alpha value is -1.12. The quantitative estimate of drug-likeness (QED) is 0.808. The lowest BCUT2D eigenvalue weighted by molar-refractivity contribution is 0.442. The SMILES string of the molecule is O=S(=O)(NCCC1CCNC1)c1cc(F)c(F)c(F)c1. The lowest BCUT2D eigenvalue weighted by Gasteiger charge is -2.10. The zero-order valence-electron chi connectivity index (χ0n) is 10.6. The van der Waals surface area contributed by atoms with Crippen molar-refractivity contribution in [3.8, 4) is 0 Å². The molecule has 2 rings (SSSR count). The second-order valence-corrected chi connectivity index (χ2v) is 6.51. The van der Waals surface area contributed by atoms with Gasteiger partial charge in [0.1, 0.15) is 0 Å². The maximum atomic E-state index is 13.0. The average molecular weight is 308 g/mol. The number of nitrogens with one attached hydrogen (secondary N) is 2. The Balaban J connectivity index is 2.02. The third kappa shape index (κ3) is 3.50. The molecule has 0 radical (unpaired) electrons. The fourth-order valence-electron chi connectivity index (χ4n) is 2.13. The first kappa shape index (κ1) is 15.3. The largest absolute Gasteiger partial charge is 0.316 e. The maximum absolute atomic E-state index is 13.0. The fourth-order valence-corrected chi connectivity index (χ4v) is 3.20. The lowest BCUT2D eigenvalue weighted by atomic mass is 10.1. The Morgan fingerprint density at radius 3 is 2.45 bits per heavy atom. The Morgan fingerprint density at radius 2 is 1.90 bits per heavy atom. The lowest BCUT2D eigenvalue weighted by Crippen LogP contribution is -2.27. The van der Waals surface area contributed by atoms with E-state index >= 15 is 0 Å². The van der Waals surface area contributed by atoms with E-state index < -0.39 is 32.4 Å². The molecule has 8 heteroatoms. The van der Waals surface area contributed by atoms with Gasteiger partial charge in [0.15, 0.2) is 17.5 Å². The van der Waals surface area contributed by atoms with Crippen LogP contribution < -0.4 is 10.0 Å². The molecule has 112 valence electrons. The zero-order valence-corrected chi connectivity index (χ0v) is 11.4. The first-order valence-corrected chi connectivity index (χ1v) is 7.73. The molecule has 0 bridgehead atoms. The first-order valence-electron chi connectivity index (χ1n) is 6.25. The van der Waals surface area contributed by atoms with Crippen LogP contribution in [-0.2, 0) is 10.0 Å². The van der Waals surface area contributed by atoms with Crippen LogP contribution in [-0.4, -0.2) is 28.1 Å². The molecular weight excluding hydrogens is 293 g/mol. The molecule has 0 saturated carbocycles. The van der Waals surface area contributed by atoms with E-state index in [0.29, 0.717) is 24.5 Å². The number of hydrogen-bond donors (Lipinski definition) is 2. The van der Waals surface area contributed by atoms with Crippen LogP contribution in [0.3, 0.4) is 0 Å². The third-order valence-electron chi connectivity index (χ3n) is 3.27. The van der Waals surface area contributed by atoms with Crippen molar-refractivity contribution in [1.29, 1.82) is 0 Å². The molecule has 1 atom stereocenters. The van der Waals surface area contributed by atoms with Crippen molar-refractivity contribution in [3.05, 3.63) is 29.6 Å². The van der Waals surface area contributed by atoms with Gasteiger partial charge in [-0.25, -0.2) is 26.3 Å². The van der Waals surface area contributed by atoms with E-state index in [1.807, 2.05) is 0 Å². The summed E-state index contributed by atoms with van der Waals surface area (Å²) in [4.78, 5) is -0.613. The van der Waals surface area contributed by atoms with Crippen LogP contribution in [0.2, 0.25) is 0 Å². The van der Waals surface area contributed by atoms with Crippen molar-refractivity contribution in [2.45, 2.75) is 17.7 Å². The predicted octanol–water partition coefficient (Wildman–Crippen LogP) is 1.38. The van der Waals surface area contributed by atoms with Crippen molar-refractivity contribution in [2.24, 2.45) is 5.92 Å². The highest BCUT2D eigenvalue weighted by Gasteiger charge is 2.21. The molecule has 0 aliphatic carbocycles. The summed E-state index contributed by atoms with van der Waals surface area (Å²) in [6.07, 6.45) is 1.61. The minimum Gasteiger partial charge on any atom is -0.316 e. The molecule has 20 heavy (non-hydrogen) atoms. The van der Waals surface area contributed by atoms with Gasteiger partial charge in [0.05, 0.1) is 4.90 Å². The van der Waals surface area contributed by atoms with Gasteiger partial charge in [-0.05, 0) is 44.0 Å². The van der Waals surface area contributed by atoms with Gasteiger partial charge in [-0.1, -0.05) is 0 Å². The van der Waals surface area contributed by atoms with Gasteiger partial charge >= 0.3 is 0 Å². The highest BCUT2D eigenvalue weighted by molar-refractivity contribution is 7.89. The zero-order chi connectivity index (χ0) is 14.8. The van der Waals surface area contributed by atoms with Crippen molar-refractivity contribution in [2.75, 3.05) is 19.6 Å². The molecule has 1 aliphatic heterocycles. The molecule has 1 aliphatic rings. The Morgan fingerprint density at radius 1 is 1.25 bits per heavy atom. The molecule has 1 aromatic rings. The summed E-state index contributed by atoms with van der Waals surface area (Å²) in [5, 5.41) is 3.15. The number of rotatable bonds is 5. The van der Waals surface area contributed by atoms with Gasteiger partial charge in [-0.3, -0.25) is 0 Å². The number of benzene rings is 1. The van der Waals surface area contributed by atoms with E-state index in [0.717, 1.165) is 19.5 Å². The molecule has 1 unspecified atom stereocenters. The van der Waals surface area contributed by atoms with Crippen LogP contribution in [0.25, 0.3) is 0 Å². The number of hydrogen-bond acceptors (Lipinski definition) is 3. The predicted molar refractivity (Wildman–Crippen MR) is 67.1 cm³/mol. The molecule has 4 nitrogen and oxygen atoms in total. The number of halogens is 3. The summed E-state index contributed by atoms with van der Waals surface area (Å²) in [7, 11) is -4.03. The van der Waals surface area contributed by atoms with Gasteiger partial charge in [-0.2, -0.15) is 0 Å². The molecule has 0 aromatic heterocycles. The van der Waals surface area contributed by atoms with Crippen LogP contribution in [0.4, 0.5) is 13.2 Å². The van der Waals surface area contributed by atoms with Crippen molar-refractivity contribution >= 4 is 10.0 Å². The van der Waals surface area contributed by atoms with Gasteiger partial charge in [0.25, 0.3) is 0 Å². The van der Waals surface area contributed by atoms with Crippen molar-refractivity contribution in [1.82, 2.24) is 10.0 Å². The minimum absolute atomic E-state index is 0.176. The Bertz CT molecular complexity index is 563. The summed E-state index contributed by atoms with van der Waals surface area (Å²) in [6.45, 7) is 1.92. The summed E-state index contributed by atoms with van der Waals surface area (Å²) < 4.78 is 64.8. The standard InChI is InChI=1S/C12H15F3N2O2S/c13-10-5-9(6-11(14)12(10)15)20(18,19)17-4-2-8-1-3-16-7-8/h5-6,8,16-17H,1-4,7H2. The highest BCUT2D eigenvalue weighted by Crippen LogP contribution is 2.18. The average Bonchev–Trinajstić information content (AvgIpc) is 2.88. The normalized spacial score (nSPS) is 19.4. The van der Waals surface area contributed by atoms with E-state index in [-0.39, 0.29) is 6.54 Å². The second-order valence-electron chi connectivity index (χ2n) is 4.75. The van der Waals surface area contributed by atoms with E-state index in [2.05, 4.69) is 10.0 Å².